The van der Waals surface area contributed by atoms with E-state index in [2.05, 4.69) is 0 Å². The zero-order valence-electron chi connectivity index (χ0n) is 8.38. The normalized spacial score (nSPS) is 10.2. The number of aliphatic carboxylic acids is 1. The number of benzene rings is 2. The number of hydrogen-bond acceptors (Lipinski definition) is 3. The Morgan fingerprint density at radius 2 is 1.88 bits per heavy atom. The van der Waals surface area contributed by atoms with Gasteiger partial charge in [0, 0.05) is 0 Å². The van der Waals surface area contributed by atoms with Crippen LogP contribution in [0.3, 0.4) is 0 Å². The molecule has 0 bridgehead atoms. The van der Waals surface area contributed by atoms with Gasteiger partial charge in [-0.2, -0.15) is 0 Å². The number of aromatic hydroxyl groups is 1. The van der Waals surface area contributed by atoms with Gasteiger partial charge < -0.3 is 14.9 Å². The molecule has 16 heavy (non-hydrogen) atoms. The maximum Gasteiger partial charge on any atom is 0.341 e. The quantitative estimate of drug-likeness (QED) is 0.826. The Bertz CT molecular complexity index is 534. The van der Waals surface area contributed by atoms with Gasteiger partial charge in [-0.05, 0) is 35.0 Å². The molecular weight excluding hydrogens is 208 g/mol. The summed E-state index contributed by atoms with van der Waals surface area (Å²) in [5.74, 6) is -0.376. The van der Waals surface area contributed by atoms with Crippen molar-refractivity contribution in [2.45, 2.75) is 0 Å². The highest BCUT2D eigenvalue weighted by Gasteiger charge is 2.01. The monoisotopic (exact) mass is 218 g/mol. The van der Waals surface area contributed by atoms with E-state index >= 15 is 0 Å². The molecule has 0 heterocycles. The van der Waals surface area contributed by atoms with Crippen LogP contribution >= 0.6 is 0 Å². The maximum atomic E-state index is 10.3. The molecule has 0 spiro atoms. The van der Waals surface area contributed by atoms with E-state index in [0.717, 1.165) is 10.8 Å². The topological polar surface area (TPSA) is 66.8 Å². The first-order valence-corrected chi connectivity index (χ1v) is 4.72. The number of phenols is 1. The van der Waals surface area contributed by atoms with Crippen molar-refractivity contribution in [2.24, 2.45) is 0 Å². The van der Waals surface area contributed by atoms with Crippen LogP contribution in [0.15, 0.2) is 36.4 Å². The lowest BCUT2D eigenvalue weighted by molar-refractivity contribution is -0.139. The van der Waals surface area contributed by atoms with Crippen LogP contribution in [0.1, 0.15) is 0 Å². The Kier molecular flexibility index (Phi) is 2.64. The van der Waals surface area contributed by atoms with Gasteiger partial charge in [0.15, 0.2) is 6.61 Å². The van der Waals surface area contributed by atoms with Crippen LogP contribution in [0.5, 0.6) is 11.5 Å². The molecule has 4 heteroatoms. The van der Waals surface area contributed by atoms with Crippen LogP contribution in [0, 0.1) is 0 Å². The van der Waals surface area contributed by atoms with Crippen LogP contribution in [0.2, 0.25) is 0 Å². The molecule has 0 atom stereocenters. The second kappa shape index (κ2) is 4.10. The molecule has 0 saturated carbocycles. The van der Waals surface area contributed by atoms with Crippen molar-refractivity contribution in [1.29, 1.82) is 0 Å². The predicted molar refractivity (Wildman–Crippen MR) is 58.7 cm³/mol. The summed E-state index contributed by atoms with van der Waals surface area (Å²) in [7, 11) is 0. The summed E-state index contributed by atoms with van der Waals surface area (Å²) in [4.78, 5) is 10.3. The van der Waals surface area contributed by atoms with E-state index in [1.165, 1.54) is 0 Å². The SMILES string of the molecule is O=C(O)COc1ccc2ccc(O)cc2c1. The van der Waals surface area contributed by atoms with E-state index in [0.29, 0.717) is 5.75 Å². The van der Waals surface area contributed by atoms with E-state index in [1.54, 1.807) is 30.3 Å². The number of phenolic OH excluding ortho intramolecular Hbond substituents is 1. The number of carboxylic acids is 1. The van der Waals surface area contributed by atoms with Crippen molar-refractivity contribution in [3.63, 3.8) is 0 Å². The lowest BCUT2D eigenvalue weighted by atomic mass is 10.1. The second-order valence-electron chi connectivity index (χ2n) is 3.38. The average Bonchev–Trinajstić information content (AvgIpc) is 2.25. The predicted octanol–water partition coefficient (Wildman–Crippen LogP) is 2.01. The largest absolute Gasteiger partial charge is 0.508 e. The summed E-state index contributed by atoms with van der Waals surface area (Å²) in [5, 5.41) is 19.5. The van der Waals surface area contributed by atoms with E-state index in [9.17, 15) is 9.90 Å². The van der Waals surface area contributed by atoms with Gasteiger partial charge in [-0.3, -0.25) is 0 Å². The minimum absolute atomic E-state index is 0.169. The van der Waals surface area contributed by atoms with Crippen LogP contribution < -0.4 is 4.74 Å². The van der Waals surface area contributed by atoms with Crippen molar-refractivity contribution >= 4 is 16.7 Å². The number of carboxylic acid groups (broad SMARTS) is 1. The first kappa shape index (κ1) is 10.3. The molecule has 2 aromatic carbocycles. The number of hydrogen-bond donors (Lipinski definition) is 2. The molecule has 0 aliphatic rings. The summed E-state index contributed by atoms with van der Waals surface area (Å²) >= 11 is 0. The molecule has 2 aromatic rings. The highest BCUT2D eigenvalue weighted by Crippen LogP contribution is 2.24. The lowest BCUT2D eigenvalue weighted by Gasteiger charge is -2.05. The average molecular weight is 218 g/mol. The van der Waals surface area contributed by atoms with Gasteiger partial charge >= 0.3 is 5.97 Å². The summed E-state index contributed by atoms with van der Waals surface area (Å²) in [6.07, 6.45) is 0. The molecule has 0 fully saturated rings. The van der Waals surface area contributed by atoms with E-state index in [1.807, 2.05) is 6.07 Å². The Balaban J connectivity index is 2.31. The Labute approximate surface area is 91.7 Å². The van der Waals surface area contributed by atoms with Gasteiger partial charge in [-0.1, -0.05) is 12.1 Å². The van der Waals surface area contributed by atoms with E-state index < -0.39 is 5.97 Å². The Hall–Kier alpha value is -2.23. The van der Waals surface area contributed by atoms with Gasteiger partial charge in [0.05, 0.1) is 0 Å². The highest BCUT2D eigenvalue weighted by atomic mass is 16.5. The summed E-state index contributed by atoms with van der Waals surface area (Å²) in [6, 6.07) is 10.2. The number of carbonyl (C=O) groups is 1. The Morgan fingerprint density at radius 3 is 2.62 bits per heavy atom. The third kappa shape index (κ3) is 2.23. The first-order chi connectivity index (χ1) is 7.65. The fourth-order valence-electron chi connectivity index (χ4n) is 1.45. The zero-order valence-corrected chi connectivity index (χ0v) is 8.38. The molecule has 0 amide bonds. The fourth-order valence-corrected chi connectivity index (χ4v) is 1.45. The molecule has 0 saturated heterocycles. The zero-order chi connectivity index (χ0) is 11.5. The van der Waals surface area contributed by atoms with Crippen LogP contribution in [-0.4, -0.2) is 22.8 Å². The first-order valence-electron chi connectivity index (χ1n) is 4.72. The van der Waals surface area contributed by atoms with E-state index in [4.69, 9.17) is 9.84 Å². The van der Waals surface area contributed by atoms with Crippen molar-refractivity contribution in [3.05, 3.63) is 36.4 Å². The van der Waals surface area contributed by atoms with Crippen molar-refractivity contribution in [2.75, 3.05) is 6.61 Å². The molecule has 2 N–H and O–H groups in total. The molecule has 0 aliphatic carbocycles. The summed E-state index contributed by atoms with van der Waals surface area (Å²) in [5.41, 5.74) is 0. The third-order valence-corrected chi connectivity index (χ3v) is 2.16. The van der Waals surface area contributed by atoms with Gasteiger partial charge in [-0.25, -0.2) is 4.79 Å². The molecule has 0 aliphatic heterocycles. The second-order valence-corrected chi connectivity index (χ2v) is 3.38. The lowest BCUT2D eigenvalue weighted by Crippen LogP contribution is -2.09. The maximum absolute atomic E-state index is 10.3. The standard InChI is InChI=1S/C12H10O4/c13-10-3-1-8-2-4-11(6-9(8)5-10)16-7-12(14)15/h1-6,13H,7H2,(H,14,15). The van der Waals surface area contributed by atoms with Gasteiger partial charge in [0.1, 0.15) is 11.5 Å². The highest BCUT2D eigenvalue weighted by molar-refractivity contribution is 5.85. The van der Waals surface area contributed by atoms with Crippen LogP contribution in [0.25, 0.3) is 10.8 Å². The van der Waals surface area contributed by atoms with Crippen LogP contribution in [-0.2, 0) is 4.79 Å². The molecule has 0 unspecified atom stereocenters. The van der Waals surface area contributed by atoms with Gasteiger partial charge in [0.2, 0.25) is 0 Å². The van der Waals surface area contributed by atoms with Gasteiger partial charge in [-0.15, -0.1) is 0 Å². The van der Waals surface area contributed by atoms with Gasteiger partial charge in [0.25, 0.3) is 0 Å². The molecule has 4 nitrogen and oxygen atoms in total. The Morgan fingerprint density at radius 1 is 1.12 bits per heavy atom. The van der Waals surface area contributed by atoms with E-state index in [-0.39, 0.29) is 12.4 Å². The minimum Gasteiger partial charge on any atom is -0.508 e. The third-order valence-electron chi connectivity index (χ3n) is 2.16. The molecule has 0 radical (unpaired) electrons. The summed E-state index contributed by atoms with van der Waals surface area (Å²) < 4.78 is 5.03. The van der Waals surface area contributed by atoms with Crippen molar-refractivity contribution in [1.82, 2.24) is 0 Å². The van der Waals surface area contributed by atoms with Crippen molar-refractivity contribution in [3.8, 4) is 11.5 Å². The smallest absolute Gasteiger partial charge is 0.341 e. The fraction of sp³-hybridized carbons (Fsp3) is 0.0833. The number of fused-ring (bicyclic) bond motifs is 1. The summed E-state index contributed by atoms with van der Waals surface area (Å²) in [6.45, 7) is -0.371. The number of rotatable bonds is 3. The van der Waals surface area contributed by atoms with Crippen molar-refractivity contribution < 1.29 is 19.7 Å². The molecule has 82 valence electrons. The minimum atomic E-state index is -1.02. The van der Waals surface area contributed by atoms with Crippen LogP contribution in [0.4, 0.5) is 0 Å². The molecule has 2 rings (SSSR count). The number of ether oxygens (including phenoxy) is 1. The molecule has 0 aromatic heterocycles. The molecular formula is C12H10O4.